The number of hydrogen-bond acceptors (Lipinski definition) is 5. The van der Waals surface area contributed by atoms with Crippen LogP contribution in [-0.4, -0.2) is 37.8 Å². The Morgan fingerprint density at radius 2 is 2.11 bits per heavy atom. The summed E-state index contributed by atoms with van der Waals surface area (Å²) in [6, 6.07) is 1.81. The first-order chi connectivity index (χ1) is 9.24. The van der Waals surface area contributed by atoms with E-state index in [-0.39, 0.29) is 5.28 Å². The summed E-state index contributed by atoms with van der Waals surface area (Å²) in [6.07, 6.45) is 5.67. The van der Waals surface area contributed by atoms with Crippen molar-refractivity contribution >= 4 is 17.5 Å². The lowest BCUT2D eigenvalue weighted by atomic mass is 10.3. The number of nitrogens with zero attached hydrogens (tertiary/aromatic N) is 6. The number of rotatable bonds is 6. The van der Waals surface area contributed by atoms with Gasteiger partial charge in [-0.2, -0.15) is 20.1 Å². The first-order valence-corrected chi connectivity index (χ1v) is 6.79. The summed E-state index contributed by atoms with van der Waals surface area (Å²) in [5, 5.41) is 4.29. The predicted octanol–water partition coefficient (Wildman–Crippen LogP) is 2.34. The van der Waals surface area contributed by atoms with Crippen molar-refractivity contribution < 1.29 is 0 Å². The highest BCUT2D eigenvalue weighted by atomic mass is 35.5. The molecule has 2 aromatic heterocycles. The number of aromatic nitrogens is 5. The predicted molar refractivity (Wildman–Crippen MR) is 74.8 cm³/mol. The van der Waals surface area contributed by atoms with Crippen molar-refractivity contribution in [1.82, 2.24) is 24.7 Å². The molecular weight excluding hydrogens is 264 g/mol. The van der Waals surface area contributed by atoms with E-state index in [0.29, 0.717) is 11.9 Å². The van der Waals surface area contributed by atoms with Crippen LogP contribution >= 0.6 is 11.6 Å². The van der Waals surface area contributed by atoms with Gasteiger partial charge < -0.3 is 4.90 Å². The highest BCUT2D eigenvalue weighted by molar-refractivity contribution is 6.28. The molecule has 0 fully saturated rings. The minimum absolute atomic E-state index is 0.186. The topological polar surface area (TPSA) is 59.7 Å². The molecule has 0 aliphatic heterocycles. The zero-order valence-corrected chi connectivity index (χ0v) is 11.9. The van der Waals surface area contributed by atoms with Crippen molar-refractivity contribution in [1.29, 1.82) is 0 Å². The zero-order valence-electron chi connectivity index (χ0n) is 11.1. The molecule has 0 bridgehead atoms. The van der Waals surface area contributed by atoms with Gasteiger partial charge in [0.2, 0.25) is 11.2 Å². The van der Waals surface area contributed by atoms with Gasteiger partial charge in [0.15, 0.2) is 0 Å². The molecule has 0 aliphatic rings. The first kappa shape index (κ1) is 13.7. The average Bonchev–Trinajstić information content (AvgIpc) is 2.93. The second-order valence-electron chi connectivity index (χ2n) is 4.09. The van der Waals surface area contributed by atoms with E-state index in [9.17, 15) is 0 Å². The van der Waals surface area contributed by atoms with Crippen LogP contribution in [0, 0.1) is 0 Å². The van der Waals surface area contributed by atoms with Gasteiger partial charge in [0.25, 0.3) is 5.95 Å². The van der Waals surface area contributed by atoms with Crippen LogP contribution in [0.15, 0.2) is 18.5 Å². The molecule has 0 aliphatic carbocycles. The van der Waals surface area contributed by atoms with Crippen LogP contribution in [0.25, 0.3) is 5.95 Å². The van der Waals surface area contributed by atoms with Crippen molar-refractivity contribution in [3.8, 4) is 5.95 Å². The van der Waals surface area contributed by atoms with Gasteiger partial charge in [0, 0.05) is 25.5 Å². The zero-order chi connectivity index (χ0) is 13.7. The van der Waals surface area contributed by atoms with Gasteiger partial charge in [-0.25, -0.2) is 4.68 Å². The fourth-order valence-electron chi connectivity index (χ4n) is 1.71. The molecule has 6 nitrogen and oxygen atoms in total. The summed E-state index contributed by atoms with van der Waals surface area (Å²) in [6.45, 7) is 5.97. The molecule has 0 aromatic carbocycles. The Kier molecular flexibility index (Phi) is 4.68. The van der Waals surface area contributed by atoms with Crippen LogP contribution in [0.4, 0.5) is 5.95 Å². The molecule has 0 saturated carbocycles. The van der Waals surface area contributed by atoms with Crippen LogP contribution in [0.1, 0.15) is 26.7 Å². The Hall–Kier alpha value is -1.69. The lowest BCUT2D eigenvalue weighted by molar-refractivity contribution is 0.701. The van der Waals surface area contributed by atoms with E-state index in [1.165, 1.54) is 0 Å². The third-order valence-corrected chi connectivity index (χ3v) is 2.91. The molecule has 0 saturated heterocycles. The average molecular weight is 281 g/mol. The van der Waals surface area contributed by atoms with E-state index in [1.807, 2.05) is 6.07 Å². The van der Waals surface area contributed by atoms with E-state index in [1.54, 1.807) is 17.1 Å². The van der Waals surface area contributed by atoms with Gasteiger partial charge in [-0.1, -0.05) is 13.3 Å². The van der Waals surface area contributed by atoms with E-state index in [2.05, 4.69) is 38.8 Å². The summed E-state index contributed by atoms with van der Waals surface area (Å²) >= 11 is 5.97. The molecule has 0 spiro atoms. The fourth-order valence-corrected chi connectivity index (χ4v) is 1.86. The number of hydrogen-bond donors (Lipinski definition) is 0. The van der Waals surface area contributed by atoms with Crippen molar-refractivity contribution in [2.45, 2.75) is 26.7 Å². The van der Waals surface area contributed by atoms with Gasteiger partial charge in [-0.15, -0.1) is 0 Å². The number of unbranched alkanes of at least 4 members (excludes halogenated alkanes) is 1. The van der Waals surface area contributed by atoms with Crippen LogP contribution < -0.4 is 4.90 Å². The maximum Gasteiger partial charge on any atom is 0.256 e. The lowest BCUT2D eigenvalue weighted by Crippen LogP contribution is -2.26. The third kappa shape index (κ3) is 3.41. The molecule has 0 unspecified atom stereocenters. The molecule has 0 atom stereocenters. The molecule has 2 rings (SSSR count). The standard InChI is InChI=1S/C12H17ClN6/c1-3-5-8-18(4-2)11-15-10(13)16-12(17-11)19-9-6-7-14-19/h6-7,9H,3-5,8H2,1-2H3. The second-order valence-corrected chi connectivity index (χ2v) is 4.43. The third-order valence-electron chi connectivity index (χ3n) is 2.74. The van der Waals surface area contributed by atoms with Crippen molar-refractivity contribution in [2.24, 2.45) is 0 Å². The normalized spacial score (nSPS) is 10.7. The van der Waals surface area contributed by atoms with E-state index in [0.717, 1.165) is 25.9 Å². The van der Waals surface area contributed by atoms with Crippen molar-refractivity contribution in [3.05, 3.63) is 23.7 Å². The van der Waals surface area contributed by atoms with Crippen LogP contribution in [0.2, 0.25) is 5.28 Å². The van der Waals surface area contributed by atoms with Gasteiger partial charge in [0.1, 0.15) is 0 Å². The van der Waals surface area contributed by atoms with Gasteiger partial charge in [0.05, 0.1) is 0 Å². The summed E-state index contributed by atoms with van der Waals surface area (Å²) < 4.78 is 1.57. The smallest absolute Gasteiger partial charge is 0.256 e. The Morgan fingerprint density at radius 1 is 1.26 bits per heavy atom. The highest BCUT2D eigenvalue weighted by Crippen LogP contribution is 2.13. The molecule has 2 heterocycles. The van der Waals surface area contributed by atoms with Crippen LogP contribution in [0.5, 0.6) is 0 Å². The maximum absolute atomic E-state index is 5.97. The number of anilines is 1. The minimum Gasteiger partial charge on any atom is -0.341 e. The summed E-state index contributed by atoms with van der Waals surface area (Å²) in [4.78, 5) is 14.8. The van der Waals surface area contributed by atoms with Gasteiger partial charge in [-0.3, -0.25) is 0 Å². The molecule has 0 radical (unpaired) electrons. The van der Waals surface area contributed by atoms with E-state index >= 15 is 0 Å². The monoisotopic (exact) mass is 280 g/mol. The Bertz CT molecular complexity index is 513. The molecule has 0 amide bonds. The van der Waals surface area contributed by atoms with Gasteiger partial charge >= 0.3 is 0 Å². The lowest BCUT2D eigenvalue weighted by Gasteiger charge is -2.20. The van der Waals surface area contributed by atoms with Crippen LogP contribution in [0.3, 0.4) is 0 Å². The Balaban J connectivity index is 2.30. The molecule has 0 N–H and O–H groups in total. The van der Waals surface area contributed by atoms with E-state index < -0.39 is 0 Å². The first-order valence-electron chi connectivity index (χ1n) is 6.41. The van der Waals surface area contributed by atoms with Crippen LogP contribution in [-0.2, 0) is 0 Å². The Labute approximate surface area is 117 Å². The summed E-state index contributed by atoms with van der Waals surface area (Å²) in [5.41, 5.74) is 0. The van der Waals surface area contributed by atoms with E-state index in [4.69, 9.17) is 11.6 Å². The molecular formula is C12H17ClN6. The second kappa shape index (κ2) is 6.47. The van der Waals surface area contributed by atoms with Gasteiger partial charge in [-0.05, 0) is 31.0 Å². The quantitative estimate of drug-likeness (QED) is 0.813. The maximum atomic E-state index is 5.97. The molecule has 102 valence electrons. The summed E-state index contributed by atoms with van der Waals surface area (Å²) in [7, 11) is 0. The SMILES string of the molecule is CCCCN(CC)c1nc(Cl)nc(-n2cccn2)n1. The highest BCUT2D eigenvalue weighted by Gasteiger charge is 2.12. The Morgan fingerprint density at radius 3 is 2.74 bits per heavy atom. The van der Waals surface area contributed by atoms with Crippen molar-refractivity contribution in [2.75, 3.05) is 18.0 Å². The van der Waals surface area contributed by atoms with Crippen molar-refractivity contribution in [3.63, 3.8) is 0 Å². The molecule has 2 aromatic rings. The molecule has 7 heteroatoms. The fraction of sp³-hybridized carbons (Fsp3) is 0.500. The largest absolute Gasteiger partial charge is 0.341 e. The summed E-state index contributed by atoms with van der Waals surface area (Å²) in [5.74, 6) is 1.04. The minimum atomic E-state index is 0.186. The molecule has 19 heavy (non-hydrogen) atoms. The number of halogens is 1.